The summed E-state index contributed by atoms with van der Waals surface area (Å²) in [5, 5.41) is 23.9. The van der Waals surface area contributed by atoms with Gasteiger partial charge in [0.05, 0.1) is 17.7 Å². The summed E-state index contributed by atoms with van der Waals surface area (Å²) < 4.78 is 1.95. The van der Waals surface area contributed by atoms with Crippen LogP contribution in [0.1, 0.15) is 73.1 Å². The Morgan fingerprint density at radius 3 is 2.58 bits per heavy atom. The molecule has 0 radical (unpaired) electrons. The van der Waals surface area contributed by atoms with Crippen molar-refractivity contribution < 1.29 is 5.11 Å². The van der Waals surface area contributed by atoms with E-state index in [1.807, 2.05) is 17.7 Å². The number of H-pyrrole nitrogens is 1. The number of nitrogens with zero attached hydrogens (tertiary/aromatic N) is 5. The van der Waals surface area contributed by atoms with Crippen molar-refractivity contribution in [2.45, 2.75) is 70.6 Å². The van der Waals surface area contributed by atoms with Crippen LogP contribution in [0.2, 0.25) is 0 Å². The Balaban J connectivity index is 1.66. The zero-order valence-electron chi connectivity index (χ0n) is 18.2. The molecule has 1 aliphatic carbocycles. The molecule has 1 saturated carbocycles. The molecule has 1 aromatic carbocycles. The Morgan fingerprint density at radius 2 is 1.84 bits per heavy atom. The average molecular weight is 423 g/mol. The molecule has 1 atom stereocenters. The number of benzene rings is 1. The molecule has 2 aromatic heterocycles. The van der Waals surface area contributed by atoms with E-state index < -0.39 is 0 Å². The summed E-state index contributed by atoms with van der Waals surface area (Å²) in [7, 11) is 0. The Hall–Kier alpha value is -2.58. The molecule has 0 bridgehead atoms. The second-order valence-electron chi connectivity index (χ2n) is 9.19. The van der Waals surface area contributed by atoms with Gasteiger partial charge in [-0.2, -0.15) is 0 Å². The number of pyridine rings is 1. The number of fused-ring (bicyclic) bond motifs is 1. The predicted octanol–water partition coefficient (Wildman–Crippen LogP) is 2.79. The van der Waals surface area contributed by atoms with Gasteiger partial charge in [0.2, 0.25) is 0 Å². The first-order valence-corrected chi connectivity index (χ1v) is 11.4. The van der Waals surface area contributed by atoms with E-state index in [0.29, 0.717) is 31.5 Å². The maximum atomic E-state index is 13.3. The molecule has 2 aliphatic rings. The fourth-order valence-electron chi connectivity index (χ4n) is 5.34. The van der Waals surface area contributed by atoms with Crippen molar-refractivity contribution >= 4 is 10.9 Å². The number of tetrazole rings is 1. The Kier molecular flexibility index (Phi) is 5.35. The number of aromatic nitrogens is 5. The maximum absolute atomic E-state index is 13.3. The van der Waals surface area contributed by atoms with Crippen LogP contribution in [0.25, 0.3) is 10.9 Å². The van der Waals surface area contributed by atoms with Crippen molar-refractivity contribution in [3.05, 3.63) is 51.1 Å². The van der Waals surface area contributed by atoms with Gasteiger partial charge >= 0.3 is 0 Å². The highest BCUT2D eigenvalue weighted by atomic mass is 16.3. The molecule has 0 amide bonds. The number of rotatable bonds is 4. The van der Waals surface area contributed by atoms with E-state index in [2.05, 4.69) is 44.5 Å². The lowest BCUT2D eigenvalue weighted by molar-refractivity contribution is 0.0654. The highest BCUT2D eigenvalue weighted by Crippen LogP contribution is 2.35. The molecule has 1 unspecified atom stereocenters. The second kappa shape index (κ2) is 8.16. The number of piperidine rings is 1. The molecule has 5 rings (SSSR count). The van der Waals surface area contributed by atoms with Crippen molar-refractivity contribution in [2.75, 3.05) is 13.1 Å². The van der Waals surface area contributed by atoms with Crippen LogP contribution in [0.5, 0.6) is 0 Å². The minimum absolute atomic E-state index is 0.100. The van der Waals surface area contributed by atoms with Crippen molar-refractivity contribution in [3.8, 4) is 0 Å². The SMILES string of the molecule is Cc1cc(C)c2[nH]c(=O)c(C(c3nnnn3C3CCCC3)N3CCC(O)CC3)cc2c1. The van der Waals surface area contributed by atoms with Crippen LogP contribution >= 0.6 is 0 Å². The van der Waals surface area contributed by atoms with E-state index in [0.717, 1.165) is 40.7 Å². The first kappa shape index (κ1) is 20.3. The molecular weight excluding hydrogens is 392 g/mol. The van der Waals surface area contributed by atoms with Gasteiger partial charge in [-0.25, -0.2) is 4.68 Å². The van der Waals surface area contributed by atoms with E-state index in [1.54, 1.807) is 0 Å². The highest BCUT2D eigenvalue weighted by Gasteiger charge is 2.34. The molecule has 1 aliphatic heterocycles. The molecule has 2 fully saturated rings. The topological polar surface area (TPSA) is 99.9 Å². The molecule has 0 spiro atoms. The van der Waals surface area contributed by atoms with Crippen molar-refractivity contribution in [3.63, 3.8) is 0 Å². The summed E-state index contributed by atoms with van der Waals surface area (Å²) in [6.07, 6.45) is 5.57. The third-order valence-electron chi connectivity index (χ3n) is 6.91. The van der Waals surface area contributed by atoms with E-state index in [1.165, 1.54) is 12.8 Å². The van der Waals surface area contributed by atoms with Crippen LogP contribution in [0.4, 0.5) is 0 Å². The number of aromatic amines is 1. The number of hydrogen-bond acceptors (Lipinski definition) is 6. The lowest BCUT2D eigenvalue weighted by Gasteiger charge is -2.35. The van der Waals surface area contributed by atoms with Crippen LogP contribution in [-0.4, -0.2) is 54.4 Å². The molecular formula is C23H30N6O2. The van der Waals surface area contributed by atoms with E-state index >= 15 is 0 Å². The second-order valence-corrected chi connectivity index (χ2v) is 9.19. The van der Waals surface area contributed by atoms with Gasteiger partial charge < -0.3 is 10.1 Å². The van der Waals surface area contributed by atoms with Gasteiger partial charge in [-0.15, -0.1) is 5.10 Å². The van der Waals surface area contributed by atoms with Gasteiger partial charge in [0, 0.05) is 18.7 Å². The van der Waals surface area contributed by atoms with Crippen LogP contribution in [-0.2, 0) is 0 Å². The zero-order chi connectivity index (χ0) is 21.5. The van der Waals surface area contributed by atoms with E-state index in [-0.39, 0.29) is 23.7 Å². The monoisotopic (exact) mass is 422 g/mol. The highest BCUT2D eigenvalue weighted by molar-refractivity contribution is 5.83. The summed E-state index contributed by atoms with van der Waals surface area (Å²) >= 11 is 0. The van der Waals surface area contributed by atoms with Gasteiger partial charge in [0.15, 0.2) is 5.82 Å². The first-order chi connectivity index (χ1) is 15.0. The quantitative estimate of drug-likeness (QED) is 0.671. The van der Waals surface area contributed by atoms with Gasteiger partial charge in [-0.3, -0.25) is 9.69 Å². The molecule has 2 N–H and O–H groups in total. The van der Waals surface area contributed by atoms with Crippen LogP contribution in [0.3, 0.4) is 0 Å². The Labute approximate surface area is 181 Å². The third-order valence-corrected chi connectivity index (χ3v) is 6.91. The van der Waals surface area contributed by atoms with Gasteiger partial charge in [0.1, 0.15) is 6.04 Å². The van der Waals surface area contributed by atoms with Gasteiger partial charge in [-0.1, -0.05) is 24.5 Å². The normalized spacial score (nSPS) is 20.0. The van der Waals surface area contributed by atoms with Gasteiger partial charge in [0.25, 0.3) is 5.56 Å². The fourth-order valence-corrected chi connectivity index (χ4v) is 5.34. The number of aliphatic hydroxyl groups is 1. The number of aryl methyl sites for hydroxylation is 2. The van der Waals surface area contributed by atoms with E-state index in [4.69, 9.17) is 0 Å². The smallest absolute Gasteiger partial charge is 0.253 e. The predicted molar refractivity (Wildman–Crippen MR) is 118 cm³/mol. The van der Waals surface area contributed by atoms with Crippen molar-refractivity contribution in [1.29, 1.82) is 0 Å². The molecule has 164 valence electrons. The summed E-state index contributed by atoms with van der Waals surface area (Å²) in [4.78, 5) is 18.7. The van der Waals surface area contributed by atoms with Gasteiger partial charge in [-0.05, 0) is 73.0 Å². The van der Waals surface area contributed by atoms with Crippen LogP contribution < -0.4 is 5.56 Å². The molecule has 1 saturated heterocycles. The van der Waals surface area contributed by atoms with Crippen molar-refractivity contribution in [2.24, 2.45) is 0 Å². The molecule has 3 heterocycles. The van der Waals surface area contributed by atoms with Crippen LogP contribution in [0.15, 0.2) is 23.0 Å². The molecule has 8 nitrogen and oxygen atoms in total. The molecule has 3 aromatic rings. The minimum Gasteiger partial charge on any atom is -0.393 e. The minimum atomic E-state index is -0.336. The largest absolute Gasteiger partial charge is 0.393 e. The molecule has 31 heavy (non-hydrogen) atoms. The summed E-state index contributed by atoms with van der Waals surface area (Å²) in [5.74, 6) is 0.734. The number of nitrogens with one attached hydrogen (secondary N) is 1. The standard InChI is InChI=1S/C23H30N6O2/c1-14-11-15(2)20-16(12-14)13-19(23(31)24-20)21(28-9-7-18(30)8-10-28)22-25-26-27-29(22)17-5-3-4-6-17/h11-13,17-18,21,30H,3-10H2,1-2H3,(H,24,31). The Morgan fingerprint density at radius 1 is 1.10 bits per heavy atom. The number of hydrogen-bond donors (Lipinski definition) is 2. The maximum Gasteiger partial charge on any atom is 0.253 e. The summed E-state index contributed by atoms with van der Waals surface area (Å²) in [6.45, 7) is 5.50. The first-order valence-electron chi connectivity index (χ1n) is 11.4. The zero-order valence-corrected chi connectivity index (χ0v) is 18.2. The molecule has 8 heteroatoms. The number of likely N-dealkylation sites (tertiary alicyclic amines) is 1. The summed E-state index contributed by atoms with van der Waals surface area (Å²) in [5.41, 5.74) is 3.67. The third kappa shape index (κ3) is 3.78. The van der Waals surface area contributed by atoms with Crippen molar-refractivity contribution in [1.82, 2.24) is 30.1 Å². The fraction of sp³-hybridized carbons (Fsp3) is 0.565. The number of aliphatic hydroxyl groups excluding tert-OH is 1. The lowest BCUT2D eigenvalue weighted by Crippen LogP contribution is -2.42. The van der Waals surface area contributed by atoms with E-state index in [9.17, 15) is 9.90 Å². The lowest BCUT2D eigenvalue weighted by atomic mass is 9.98. The Bertz CT molecular complexity index is 1140. The van der Waals surface area contributed by atoms with Crippen LogP contribution in [0, 0.1) is 13.8 Å². The summed E-state index contributed by atoms with van der Waals surface area (Å²) in [6, 6.07) is 6.15. The average Bonchev–Trinajstić information content (AvgIpc) is 3.42.